The molecule has 0 radical (unpaired) electrons. The van der Waals surface area contributed by atoms with E-state index in [0.717, 1.165) is 4.90 Å². The number of hydrogen-bond acceptors (Lipinski definition) is 8. The van der Waals surface area contributed by atoms with E-state index in [9.17, 15) is 14.3 Å². The van der Waals surface area contributed by atoms with Crippen molar-refractivity contribution in [1.29, 1.82) is 0 Å². The van der Waals surface area contributed by atoms with E-state index >= 15 is 0 Å². The van der Waals surface area contributed by atoms with Gasteiger partial charge in [-0.1, -0.05) is 0 Å². The van der Waals surface area contributed by atoms with Gasteiger partial charge in [-0.3, -0.25) is 4.79 Å². The van der Waals surface area contributed by atoms with Crippen LogP contribution in [0.4, 0.5) is 4.39 Å². The number of nitrogens with two attached hydrogens (primary N) is 4. The average Bonchev–Trinajstić information content (AvgIpc) is 2.58. The van der Waals surface area contributed by atoms with Gasteiger partial charge in [0.15, 0.2) is 6.29 Å². The maximum atomic E-state index is 14.5. The first-order chi connectivity index (χ1) is 12.2. The van der Waals surface area contributed by atoms with Crippen LogP contribution in [0.3, 0.4) is 0 Å². The third-order valence-electron chi connectivity index (χ3n) is 5.31. The molecule has 2 rings (SSSR count). The van der Waals surface area contributed by atoms with E-state index in [1.54, 1.807) is 0 Å². The average molecular weight is 377 g/mol. The number of aliphatic hydroxyl groups excluding tert-OH is 1. The normalized spacial score (nSPS) is 42.3. The van der Waals surface area contributed by atoms with Crippen LogP contribution in [0.2, 0.25) is 0 Å². The highest BCUT2D eigenvalue weighted by Gasteiger charge is 2.48. The van der Waals surface area contributed by atoms with Crippen LogP contribution >= 0.6 is 0 Å². The predicted molar refractivity (Wildman–Crippen MR) is 93.5 cm³/mol. The fourth-order valence-electron chi connectivity index (χ4n) is 3.67. The lowest BCUT2D eigenvalue weighted by Gasteiger charge is -2.46. The molecule has 26 heavy (non-hydrogen) atoms. The minimum Gasteiger partial charge on any atom is -0.388 e. The van der Waals surface area contributed by atoms with Gasteiger partial charge in [-0.05, 0) is 26.2 Å². The summed E-state index contributed by atoms with van der Waals surface area (Å²) in [7, 11) is 1.40. The van der Waals surface area contributed by atoms with Crippen LogP contribution in [0.15, 0.2) is 0 Å². The minimum absolute atomic E-state index is 0.0622. The number of aliphatic hydroxyl groups is 1. The molecule has 0 aromatic carbocycles. The van der Waals surface area contributed by atoms with E-state index in [1.165, 1.54) is 7.05 Å². The molecule has 0 aromatic heterocycles. The van der Waals surface area contributed by atoms with Gasteiger partial charge in [0.05, 0.1) is 24.7 Å². The van der Waals surface area contributed by atoms with Crippen molar-refractivity contribution in [2.75, 3.05) is 13.6 Å². The molecule has 152 valence electrons. The lowest BCUT2D eigenvalue weighted by atomic mass is 9.84. The number of nitrogens with zero attached hydrogens (tertiary/aromatic N) is 1. The van der Waals surface area contributed by atoms with Gasteiger partial charge in [0.1, 0.15) is 18.4 Å². The molecule has 1 amide bonds. The quantitative estimate of drug-likeness (QED) is 0.359. The van der Waals surface area contributed by atoms with Crippen molar-refractivity contribution in [1.82, 2.24) is 4.90 Å². The molecule has 2 aliphatic rings. The molecule has 1 saturated heterocycles. The Hall–Kier alpha value is -0.880. The second-order valence-corrected chi connectivity index (χ2v) is 7.35. The fraction of sp³-hybridized carbons (Fsp3) is 0.938. The first-order valence-corrected chi connectivity index (χ1v) is 9.02. The molecule has 1 aliphatic heterocycles. The van der Waals surface area contributed by atoms with Crippen LogP contribution in [0, 0.1) is 0 Å². The second kappa shape index (κ2) is 8.87. The molecule has 0 bridgehead atoms. The Morgan fingerprint density at radius 1 is 1.38 bits per heavy atom. The summed E-state index contributed by atoms with van der Waals surface area (Å²) in [5, 5.41) is 10.7. The fourth-order valence-corrected chi connectivity index (χ4v) is 3.67. The first kappa shape index (κ1) is 21.4. The zero-order valence-electron chi connectivity index (χ0n) is 15.3. The van der Waals surface area contributed by atoms with E-state index in [0.29, 0.717) is 12.8 Å². The zero-order chi connectivity index (χ0) is 19.6. The van der Waals surface area contributed by atoms with Crippen LogP contribution in [0.25, 0.3) is 0 Å². The molecule has 9 nitrogen and oxygen atoms in total. The Bertz CT molecular complexity index is 486. The number of rotatable bonds is 5. The summed E-state index contributed by atoms with van der Waals surface area (Å²) in [5.74, 6) is -0.478. The SMILES string of the molecule is C[C@H](N)[C@@H]1CC[C@@H](N)[C@@H](O[C@H]2[C@H](O)[C@H](N(C)C(=O)CN)[C@@H](F)C[C@H]2N)O1. The second-order valence-electron chi connectivity index (χ2n) is 7.35. The van der Waals surface area contributed by atoms with Crippen LogP contribution < -0.4 is 22.9 Å². The molecule has 0 spiro atoms. The van der Waals surface area contributed by atoms with Gasteiger partial charge in [-0.2, -0.15) is 0 Å². The number of carbonyl (C=O) groups is 1. The van der Waals surface area contributed by atoms with Gasteiger partial charge < -0.3 is 42.4 Å². The highest BCUT2D eigenvalue weighted by Crippen LogP contribution is 2.30. The highest BCUT2D eigenvalue weighted by atomic mass is 19.1. The number of ether oxygens (including phenoxy) is 2. The molecule has 1 aliphatic carbocycles. The van der Waals surface area contributed by atoms with Crippen LogP contribution in [0.5, 0.6) is 0 Å². The van der Waals surface area contributed by atoms with Gasteiger partial charge in [0.25, 0.3) is 0 Å². The van der Waals surface area contributed by atoms with Crippen molar-refractivity contribution >= 4 is 5.91 Å². The summed E-state index contributed by atoms with van der Waals surface area (Å²) in [6, 6.07) is -2.46. The van der Waals surface area contributed by atoms with Crippen molar-refractivity contribution in [3.8, 4) is 0 Å². The number of halogens is 1. The monoisotopic (exact) mass is 377 g/mol. The molecular weight excluding hydrogens is 345 g/mol. The number of hydrogen-bond donors (Lipinski definition) is 5. The Balaban J connectivity index is 2.12. The molecular formula is C16H32FN5O4. The molecule has 9 atom stereocenters. The summed E-state index contributed by atoms with van der Waals surface area (Å²) in [5.41, 5.74) is 23.3. The molecule has 0 aromatic rings. The van der Waals surface area contributed by atoms with Gasteiger partial charge in [0.2, 0.25) is 5.91 Å². The van der Waals surface area contributed by atoms with E-state index in [1.807, 2.05) is 6.92 Å². The Kier molecular flexibility index (Phi) is 7.31. The molecule has 1 saturated carbocycles. The van der Waals surface area contributed by atoms with Crippen LogP contribution in [-0.4, -0.2) is 84.4 Å². The van der Waals surface area contributed by atoms with Gasteiger partial charge in [-0.25, -0.2) is 4.39 Å². The van der Waals surface area contributed by atoms with E-state index in [2.05, 4.69) is 0 Å². The van der Waals surface area contributed by atoms with Crippen LogP contribution in [-0.2, 0) is 14.3 Å². The van der Waals surface area contributed by atoms with Crippen molar-refractivity contribution in [3.63, 3.8) is 0 Å². The number of carbonyl (C=O) groups excluding carboxylic acids is 1. The van der Waals surface area contributed by atoms with E-state index in [-0.39, 0.29) is 25.1 Å². The molecule has 9 N–H and O–H groups in total. The van der Waals surface area contributed by atoms with Crippen LogP contribution in [0.1, 0.15) is 26.2 Å². The Labute approximate surface area is 153 Å². The van der Waals surface area contributed by atoms with Crippen molar-refractivity contribution in [2.24, 2.45) is 22.9 Å². The molecule has 1 heterocycles. The van der Waals surface area contributed by atoms with Gasteiger partial charge in [-0.15, -0.1) is 0 Å². The van der Waals surface area contributed by atoms with E-state index in [4.69, 9.17) is 32.4 Å². The molecule has 2 fully saturated rings. The van der Waals surface area contributed by atoms with Gasteiger partial charge >= 0.3 is 0 Å². The lowest BCUT2D eigenvalue weighted by Crippen LogP contribution is -2.66. The third-order valence-corrected chi connectivity index (χ3v) is 5.31. The van der Waals surface area contributed by atoms with Crippen molar-refractivity contribution in [2.45, 2.75) is 81.1 Å². The Morgan fingerprint density at radius 2 is 2.04 bits per heavy atom. The summed E-state index contributed by atoms with van der Waals surface area (Å²) in [6.07, 6.45) is -3.48. The smallest absolute Gasteiger partial charge is 0.236 e. The predicted octanol–water partition coefficient (Wildman–Crippen LogP) is -2.23. The third kappa shape index (κ3) is 4.50. The Morgan fingerprint density at radius 3 is 2.62 bits per heavy atom. The summed E-state index contributed by atoms with van der Waals surface area (Å²) < 4.78 is 26.2. The number of amides is 1. The van der Waals surface area contributed by atoms with E-state index < -0.39 is 48.7 Å². The first-order valence-electron chi connectivity index (χ1n) is 9.02. The summed E-state index contributed by atoms with van der Waals surface area (Å²) in [4.78, 5) is 13.0. The minimum atomic E-state index is -1.49. The number of alkyl halides is 1. The summed E-state index contributed by atoms with van der Waals surface area (Å²) >= 11 is 0. The van der Waals surface area contributed by atoms with Gasteiger partial charge in [0, 0.05) is 19.1 Å². The lowest BCUT2D eigenvalue weighted by molar-refractivity contribution is -0.254. The number of likely N-dealkylation sites (N-methyl/N-ethyl adjacent to an activating group) is 1. The van der Waals surface area contributed by atoms with Crippen molar-refractivity contribution < 1.29 is 23.8 Å². The molecule has 0 unspecified atom stereocenters. The topological polar surface area (TPSA) is 163 Å². The maximum Gasteiger partial charge on any atom is 0.236 e. The maximum absolute atomic E-state index is 14.5. The standard InChI is InChI=1S/C16H32FN5O4/c1-7(19)11-4-3-9(20)16(25-11)26-15-10(21)5-8(17)13(14(15)24)22(2)12(23)6-18/h7-11,13-16,24H,3-6,18-21H2,1-2H3/t7-,8-,9+,10+,11-,13+,14+,15+,16+/m0/s1. The molecule has 10 heteroatoms. The largest absolute Gasteiger partial charge is 0.388 e. The highest BCUT2D eigenvalue weighted by molar-refractivity contribution is 5.78. The zero-order valence-corrected chi connectivity index (χ0v) is 15.3. The van der Waals surface area contributed by atoms with Crippen molar-refractivity contribution in [3.05, 3.63) is 0 Å². The summed E-state index contributed by atoms with van der Waals surface area (Å²) in [6.45, 7) is 1.55.